The molecule has 1 aromatic carbocycles. The lowest BCUT2D eigenvalue weighted by atomic mass is 10.1. The van der Waals surface area contributed by atoms with E-state index in [9.17, 15) is 9.59 Å². The fraction of sp³-hybridized carbons (Fsp3) is 0.353. The summed E-state index contributed by atoms with van der Waals surface area (Å²) >= 11 is 0. The van der Waals surface area contributed by atoms with Crippen LogP contribution < -0.4 is 0 Å². The lowest BCUT2D eigenvalue weighted by Crippen LogP contribution is -2.50. The smallest absolute Gasteiger partial charge is 0.276 e. The highest BCUT2D eigenvalue weighted by molar-refractivity contribution is 5.96. The van der Waals surface area contributed by atoms with Crippen LogP contribution in [0.4, 0.5) is 0 Å². The topological polar surface area (TPSA) is 66.7 Å². The quantitative estimate of drug-likeness (QED) is 0.849. The van der Waals surface area contributed by atoms with E-state index in [1.165, 1.54) is 0 Å². The summed E-state index contributed by atoms with van der Waals surface area (Å²) in [4.78, 5) is 28.4. The van der Waals surface area contributed by atoms with Gasteiger partial charge in [-0.1, -0.05) is 23.4 Å². The number of carbonyl (C=O) groups is 2. The van der Waals surface area contributed by atoms with Crippen LogP contribution in [0.5, 0.6) is 0 Å². The van der Waals surface area contributed by atoms with Crippen molar-refractivity contribution in [1.29, 1.82) is 0 Å². The Labute approximate surface area is 134 Å². The van der Waals surface area contributed by atoms with Crippen LogP contribution in [0.25, 0.3) is 0 Å². The van der Waals surface area contributed by atoms with E-state index in [4.69, 9.17) is 4.52 Å². The first-order valence-corrected chi connectivity index (χ1v) is 7.64. The van der Waals surface area contributed by atoms with Gasteiger partial charge in [0.2, 0.25) is 0 Å². The van der Waals surface area contributed by atoms with Crippen molar-refractivity contribution in [2.45, 2.75) is 13.8 Å². The van der Waals surface area contributed by atoms with E-state index >= 15 is 0 Å². The molecule has 1 aliphatic heterocycles. The van der Waals surface area contributed by atoms with Gasteiger partial charge in [-0.3, -0.25) is 9.59 Å². The van der Waals surface area contributed by atoms with Gasteiger partial charge in [-0.25, -0.2) is 0 Å². The molecule has 6 nitrogen and oxygen atoms in total. The lowest BCUT2D eigenvalue weighted by Gasteiger charge is -2.34. The molecule has 0 radical (unpaired) electrons. The van der Waals surface area contributed by atoms with Crippen LogP contribution in [0.1, 0.15) is 32.2 Å². The highest BCUT2D eigenvalue weighted by Crippen LogP contribution is 2.14. The maximum Gasteiger partial charge on any atom is 0.276 e. The van der Waals surface area contributed by atoms with Crippen LogP contribution in [0.3, 0.4) is 0 Å². The van der Waals surface area contributed by atoms with E-state index in [1.807, 2.05) is 31.2 Å². The molecule has 3 rings (SSSR count). The van der Waals surface area contributed by atoms with Gasteiger partial charge in [0, 0.05) is 37.8 Å². The average Bonchev–Trinajstić information content (AvgIpc) is 3.01. The Balaban J connectivity index is 1.63. The van der Waals surface area contributed by atoms with Crippen molar-refractivity contribution in [3.63, 3.8) is 0 Å². The minimum Gasteiger partial charge on any atom is -0.361 e. The number of hydrogen-bond acceptors (Lipinski definition) is 4. The van der Waals surface area contributed by atoms with Crippen LogP contribution in [0.15, 0.2) is 34.9 Å². The lowest BCUT2D eigenvalue weighted by molar-refractivity contribution is 0.0529. The van der Waals surface area contributed by atoms with Gasteiger partial charge in [-0.15, -0.1) is 0 Å². The number of aromatic nitrogens is 1. The molecule has 0 saturated carbocycles. The van der Waals surface area contributed by atoms with Crippen molar-refractivity contribution in [2.75, 3.05) is 26.2 Å². The van der Waals surface area contributed by atoms with Gasteiger partial charge in [0.25, 0.3) is 11.8 Å². The van der Waals surface area contributed by atoms with Crippen molar-refractivity contribution in [2.24, 2.45) is 0 Å². The van der Waals surface area contributed by atoms with Crippen molar-refractivity contribution < 1.29 is 14.1 Å². The monoisotopic (exact) mass is 313 g/mol. The van der Waals surface area contributed by atoms with E-state index in [0.717, 1.165) is 11.1 Å². The zero-order valence-electron chi connectivity index (χ0n) is 13.3. The molecule has 2 amide bonds. The maximum atomic E-state index is 12.6. The zero-order chi connectivity index (χ0) is 16.4. The molecule has 1 aliphatic rings. The predicted octanol–water partition coefficient (Wildman–Crippen LogP) is 1.89. The third kappa shape index (κ3) is 3.11. The Morgan fingerprint density at radius 2 is 1.61 bits per heavy atom. The van der Waals surface area contributed by atoms with E-state index in [1.54, 1.807) is 22.8 Å². The fourth-order valence-electron chi connectivity index (χ4n) is 2.73. The maximum absolute atomic E-state index is 12.6. The highest BCUT2D eigenvalue weighted by atomic mass is 16.5. The van der Waals surface area contributed by atoms with Crippen LogP contribution in [-0.4, -0.2) is 52.9 Å². The van der Waals surface area contributed by atoms with Crippen molar-refractivity contribution in [1.82, 2.24) is 15.0 Å². The summed E-state index contributed by atoms with van der Waals surface area (Å²) < 4.78 is 4.94. The summed E-state index contributed by atoms with van der Waals surface area (Å²) in [7, 11) is 0. The number of amides is 2. The van der Waals surface area contributed by atoms with Crippen molar-refractivity contribution in [3.8, 4) is 0 Å². The Kier molecular flexibility index (Phi) is 4.14. The molecule has 6 heteroatoms. The number of hydrogen-bond donors (Lipinski definition) is 0. The first kappa shape index (κ1) is 15.3. The van der Waals surface area contributed by atoms with Gasteiger partial charge in [0.05, 0.1) is 0 Å². The zero-order valence-corrected chi connectivity index (χ0v) is 13.3. The SMILES string of the molecule is Cc1cc(C(=O)N2CCN(C(=O)c3ccccc3C)CC2)no1. The Morgan fingerprint density at radius 1 is 1.00 bits per heavy atom. The van der Waals surface area contributed by atoms with E-state index < -0.39 is 0 Å². The number of rotatable bonds is 2. The Morgan fingerprint density at radius 3 is 2.17 bits per heavy atom. The molecule has 2 heterocycles. The molecule has 0 aliphatic carbocycles. The van der Waals surface area contributed by atoms with Gasteiger partial charge < -0.3 is 14.3 Å². The molecule has 1 aromatic heterocycles. The minimum atomic E-state index is -0.148. The summed E-state index contributed by atoms with van der Waals surface area (Å²) in [6.07, 6.45) is 0. The molecule has 1 fully saturated rings. The van der Waals surface area contributed by atoms with Gasteiger partial charge in [0.15, 0.2) is 5.69 Å². The third-order valence-corrected chi connectivity index (χ3v) is 4.08. The van der Waals surface area contributed by atoms with E-state index in [0.29, 0.717) is 37.6 Å². The van der Waals surface area contributed by atoms with E-state index in [2.05, 4.69) is 5.16 Å². The molecule has 0 spiro atoms. The van der Waals surface area contributed by atoms with E-state index in [-0.39, 0.29) is 11.8 Å². The fourth-order valence-corrected chi connectivity index (χ4v) is 2.73. The molecule has 0 unspecified atom stereocenters. The van der Waals surface area contributed by atoms with Crippen molar-refractivity contribution in [3.05, 3.63) is 52.9 Å². The third-order valence-electron chi connectivity index (χ3n) is 4.08. The van der Waals surface area contributed by atoms with Crippen LogP contribution >= 0.6 is 0 Å². The van der Waals surface area contributed by atoms with Gasteiger partial charge in [-0.05, 0) is 25.5 Å². The molecule has 23 heavy (non-hydrogen) atoms. The molecular weight excluding hydrogens is 294 g/mol. The second-order valence-electron chi connectivity index (χ2n) is 5.72. The molecule has 1 saturated heterocycles. The number of benzene rings is 1. The van der Waals surface area contributed by atoms with Gasteiger partial charge in [0.1, 0.15) is 5.76 Å². The first-order valence-electron chi connectivity index (χ1n) is 7.64. The average molecular weight is 313 g/mol. The number of aryl methyl sites for hydroxylation is 2. The summed E-state index contributed by atoms with van der Waals surface area (Å²) in [6.45, 7) is 5.73. The molecule has 2 aromatic rings. The second kappa shape index (κ2) is 6.24. The summed E-state index contributed by atoms with van der Waals surface area (Å²) in [5.74, 6) is 0.485. The van der Waals surface area contributed by atoms with Crippen molar-refractivity contribution >= 4 is 11.8 Å². The highest BCUT2D eigenvalue weighted by Gasteiger charge is 2.27. The van der Waals surface area contributed by atoms with Crippen LogP contribution in [0, 0.1) is 13.8 Å². The van der Waals surface area contributed by atoms with Gasteiger partial charge in [-0.2, -0.15) is 0 Å². The molecule has 0 atom stereocenters. The van der Waals surface area contributed by atoms with Crippen LogP contribution in [-0.2, 0) is 0 Å². The molecular formula is C17H19N3O3. The Hall–Kier alpha value is -2.63. The number of piperazine rings is 1. The second-order valence-corrected chi connectivity index (χ2v) is 5.72. The summed E-state index contributed by atoms with van der Waals surface area (Å²) in [5.41, 5.74) is 2.01. The molecule has 0 bridgehead atoms. The largest absolute Gasteiger partial charge is 0.361 e. The first-order chi connectivity index (χ1) is 11.1. The predicted molar refractivity (Wildman–Crippen MR) is 84.2 cm³/mol. The minimum absolute atomic E-state index is 0.0208. The standard InChI is InChI=1S/C17H19N3O3/c1-12-5-3-4-6-14(12)16(21)19-7-9-20(10-8-19)17(22)15-11-13(2)23-18-15/h3-6,11H,7-10H2,1-2H3. The number of carbonyl (C=O) groups excluding carboxylic acids is 2. The summed E-state index contributed by atoms with van der Waals surface area (Å²) in [5, 5.41) is 3.76. The van der Waals surface area contributed by atoms with Gasteiger partial charge >= 0.3 is 0 Å². The summed E-state index contributed by atoms with van der Waals surface area (Å²) in [6, 6.07) is 9.19. The van der Waals surface area contributed by atoms with Crippen LogP contribution in [0.2, 0.25) is 0 Å². The Bertz CT molecular complexity index is 730. The number of nitrogens with zero attached hydrogens (tertiary/aromatic N) is 3. The normalized spacial score (nSPS) is 14.9. The molecule has 0 N–H and O–H groups in total. The molecule has 120 valence electrons.